The molecule has 3 aromatic rings. The minimum absolute atomic E-state index is 0.214. The number of rotatable bonds is 8. The fourth-order valence-corrected chi connectivity index (χ4v) is 2.39. The first-order valence-electron chi connectivity index (χ1n) is 8.33. The van der Waals surface area contributed by atoms with Crippen molar-refractivity contribution in [1.82, 2.24) is 4.98 Å². The van der Waals surface area contributed by atoms with E-state index in [1.54, 1.807) is 6.26 Å². The first kappa shape index (κ1) is 17.0. The molecular formula is C21H21NO3. The second-order valence-electron chi connectivity index (χ2n) is 5.68. The van der Waals surface area contributed by atoms with Crippen molar-refractivity contribution in [2.75, 3.05) is 6.61 Å². The summed E-state index contributed by atoms with van der Waals surface area (Å²) < 4.78 is 11.2. The molecule has 1 aromatic heterocycles. The summed E-state index contributed by atoms with van der Waals surface area (Å²) in [6, 6.07) is 17.9. The fraction of sp³-hybridized carbons (Fsp3) is 0.190. The van der Waals surface area contributed by atoms with Crippen LogP contribution in [-0.4, -0.2) is 16.7 Å². The van der Waals surface area contributed by atoms with Gasteiger partial charge in [-0.25, -0.2) is 4.98 Å². The zero-order chi connectivity index (χ0) is 17.3. The van der Waals surface area contributed by atoms with Gasteiger partial charge in [0.15, 0.2) is 0 Å². The topological polar surface area (TPSA) is 55.5 Å². The van der Waals surface area contributed by atoms with Gasteiger partial charge in [-0.2, -0.15) is 0 Å². The molecule has 0 aliphatic rings. The van der Waals surface area contributed by atoms with Gasteiger partial charge in [-0.15, -0.1) is 0 Å². The van der Waals surface area contributed by atoms with Crippen LogP contribution in [-0.2, 0) is 13.0 Å². The van der Waals surface area contributed by atoms with Crippen LogP contribution >= 0.6 is 0 Å². The van der Waals surface area contributed by atoms with Crippen molar-refractivity contribution in [3.63, 3.8) is 0 Å². The predicted molar refractivity (Wildman–Crippen MR) is 98.1 cm³/mol. The molecule has 0 radical (unpaired) electrons. The van der Waals surface area contributed by atoms with Crippen molar-refractivity contribution in [2.45, 2.75) is 19.4 Å². The lowest BCUT2D eigenvalue weighted by molar-refractivity contribution is 0.288. The maximum atomic E-state index is 8.85. The molecule has 4 nitrogen and oxygen atoms in total. The molecule has 0 spiro atoms. The highest BCUT2D eigenvalue weighted by Gasteiger charge is 2.03. The molecule has 128 valence electrons. The normalized spacial score (nSPS) is 11.1. The second-order valence-corrected chi connectivity index (χ2v) is 5.68. The van der Waals surface area contributed by atoms with E-state index in [9.17, 15) is 0 Å². The molecule has 0 saturated carbocycles. The largest absolute Gasteiger partial charge is 0.487 e. The molecule has 1 heterocycles. The molecule has 0 aliphatic carbocycles. The number of aryl methyl sites for hydroxylation is 1. The summed E-state index contributed by atoms with van der Waals surface area (Å²) in [7, 11) is 0. The molecule has 0 amide bonds. The van der Waals surface area contributed by atoms with Gasteiger partial charge < -0.3 is 14.3 Å². The van der Waals surface area contributed by atoms with Crippen LogP contribution in [0.5, 0.6) is 5.75 Å². The zero-order valence-corrected chi connectivity index (χ0v) is 14.0. The smallest absolute Gasteiger partial charge is 0.218 e. The third-order valence-electron chi connectivity index (χ3n) is 3.72. The van der Waals surface area contributed by atoms with Gasteiger partial charge >= 0.3 is 0 Å². The minimum Gasteiger partial charge on any atom is -0.487 e. The first-order valence-corrected chi connectivity index (χ1v) is 8.33. The average molecular weight is 335 g/mol. The number of benzene rings is 2. The number of aromatic nitrogens is 1. The number of aliphatic hydroxyl groups excluding tert-OH is 1. The Morgan fingerprint density at radius 3 is 2.56 bits per heavy atom. The Hall–Kier alpha value is -2.85. The molecule has 1 N–H and O–H groups in total. The molecule has 0 unspecified atom stereocenters. The predicted octanol–water partition coefficient (Wildman–Crippen LogP) is 4.35. The van der Waals surface area contributed by atoms with Crippen LogP contribution in [0.2, 0.25) is 0 Å². The molecule has 0 bridgehead atoms. The summed E-state index contributed by atoms with van der Waals surface area (Å²) in [4.78, 5) is 4.39. The SMILES string of the molecule is OCCCc1ccc(OCc2coc(C=Cc3ccccc3)n2)cc1. The maximum absolute atomic E-state index is 8.85. The van der Waals surface area contributed by atoms with E-state index in [0.29, 0.717) is 12.5 Å². The van der Waals surface area contributed by atoms with Crippen molar-refractivity contribution in [2.24, 2.45) is 0 Å². The van der Waals surface area contributed by atoms with Crippen LogP contribution < -0.4 is 4.74 Å². The summed E-state index contributed by atoms with van der Waals surface area (Å²) in [6.45, 7) is 0.574. The third kappa shape index (κ3) is 5.33. The Bertz CT molecular complexity index is 792. The molecule has 0 atom stereocenters. The van der Waals surface area contributed by atoms with E-state index in [4.69, 9.17) is 14.3 Å². The summed E-state index contributed by atoms with van der Waals surface area (Å²) in [5.41, 5.74) is 3.04. The zero-order valence-electron chi connectivity index (χ0n) is 14.0. The van der Waals surface area contributed by atoms with Gasteiger partial charge in [0.2, 0.25) is 5.89 Å². The number of nitrogens with zero attached hydrogens (tertiary/aromatic N) is 1. The van der Waals surface area contributed by atoms with E-state index >= 15 is 0 Å². The van der Waals surface area contributed by atoms with E-state index in [2.05, 4.69) is 4.98 Å². The molecule has 2 aromatic carbocycles. The van der Waals surface area contributed by atoms with Gasteiger partial charge in [0.25, 0.3) is 0 Å². The van der Waals surface area contributed by atoms with Crippen LogP contribution in [0.1, 0.15) is 29.1 Å². The van der Waals surface area contributed by atoms with Crippen molar-refractivity contribution in [3.05, 3.63) is 83.6 Å². The van der Waals surface area contributed by atoms with Crippen LogP contribution in [0.15, 0.2) is 65.3 Å². The van der Waals surface area contributed by atoms with Gasteiger partial charge in [0.1, 0.15) is 24.3 Å². The lowest BCUT2D eigenvalue weighted by Crippen LogP contribution is -1.96. The van der Waals surface area contributed by atoms with Gasteiger partial charge in [0.05, 0.1) is 0 Å². The summed E-state index contributed by atoms with van der Waals surface area (Å²) in [6.07, 6.45) is 7.06. The van der Waals surface area contributed by atoms with Gasteiger partial charge in [0, 0.05) is 12.7 Å². The van der Waals surface area contributed by atoms with Crippen LogP contribution in [0.25, 0.3) is 12.2 Å². The van der Waals surface area contributed by atoms with Crippen LogP contribution in [0.4, 0.5) is 0 Å². The third-order valence-corrected chi connectivity index (χ3v) is 3.72. The van der Waals surface area contributed by atoms with Crippen molar-refractivity contribution < 1.29 is 14.3 Å². The first-order chi connectivity index (χ1) is 12.3. The molecule has 4 heteroatoms. The Morgan fingerprint density at radius 2 is 1.80 bits per heavy atom. The van der Waals surface area contributed by atoms with Crippen molar-refractivity contribution >= 4 is 12.2 Å². The van der Waals surface area contributed by atoms with Gasteiger partial charge in [-0.05, 0) is 42.2 Å². The molecule has 25 heavy (non-hydrogen) atoms. The number of oxazole rings is 1. The summed E-state index contributed by atoms with van der Waals surface area (Å²) in [5.74, 6) is 1.35. The molecule has 3 rings (SSSR count). The quantitative estimate of drug-likeness (QED) is 0.665. The average Bonchev–Trinajstić information content (AvgIpc) is 3.13. The van der Waals surface area contributed by atoms with E-state index < -0.39 is 0 Å². The molecule has 0 fully saturated rings. The molecule has 0 aliphatic heterocycles. The van der Waals surface area contributed by atoms with E-state index in [1.807, 2.05) is 66.7 Å². The number of aliphatic hydroxyl groups is 1. The number of ether oxygens (including phenoxy) is 1. The Labute approximate surface area is 147 Å². The highest BCUT2D eigenvalue weighted by atomic mass is 16.5. The monoisotopic (exact) mass is 335 g/mol. The maximum Gasteiger partial charge on any atom is 0.218 e. The summed E-state index contributed by atoms with van der Waals surface area (Å²) in [5, 5.41) is 8.85. The standard InChI is InChI=1S/C21H21NO3/c23-14-4-7-18-8-11-20(12-9-18)24-15-19-16-25-21(22-19)13-10-17-5-2-1-3-6-17/h1-3,5-6,8-13,16,23H,4,7,14-15H2. The Balaban J connectivity index is 1.52. The fourth-order valence-electron chi connectivity index (χ4n) is 2.39. The van der Waals surface area contributed by atoms with E-state index in [-0.39, 0.29) is 6.61 Å². The van der Waals surface area contributed by atoms with Crippen molar-refractivity contribution in [1.29, 1.82) is 0 Å². The highest BCUT2D eigenvalue weighted by molar-refractivity contribution is 5.65. The number of hydrogen-bond donors (Lipinski definition) is 1. The van der Waals surface area contributed by atoms with E-state index in [1.165, 1.54) is 5.56 Å². The second kappa shape index (κ2) is 8.85. The lowest BCUT2D eigenvalue weighted by atomic mass is 10.1. The van der Waals surface area contributed by atoms with Gasteiger partial charge in [-0.1, -0.05) is 42.5 Å². The minimum atomic E-state index is 0.214. The van der Waals surface area contributed by atoms with Gasteiger partial charge in [-0.3, -0.25) is 0 Å². The van der Waals surface area contributed by atoms with Crippen molar-refractivity contribution in [3.8, 4) is 5.75 Å². The van der Waals surface area contributed by atoms with Crippen LogP contribution in [0, 0.1) is 0 Å². The Morgan fingerprint density at radius 1 is 1.00 bits per heavy atom. The lowest BCUT2D eigenvalue weighted by Gasteiger charge is -2.05. The highest BCUT2D eigenvalue weighted by Crippen LogP contribution is 2.16. The molecule has 0 saturated heterocycles. The number of hydrogen-bond acceptors (Lipinski definition) is 4. The van der Waals surface area contributed by atoms with E-state index in [0.717, 1.165) is 29.8 Å². The van der Waals surface area contributed by atoms with Crippen LogP contribution in [0.3, 0.4) is 0 Å². The summed E-state index contributed by atoms with van der Waals surface area (Å²) >= 11 is 0. The molecular weight excluding hydrogens is 314 g/mol. The Kier molecular flexibility index (Phi) is 6.01.